The van der Waals surface area contributed by atoms with Crippen molar-refractivity contribution in [3.8, 4) is 0 Å². The molecule has 1 unspecified atom stereocenters. The average Bonchev–Trinajstić information content (AvgIpc) is 3.21. The van der Waals surface area contributed by atoms with E-state index < -0.39 is 12.1 Å². The second kappa shape index (κ2) is 8.93. The van der Waals surface area contributed by atoms with Gasteiger partial charge in [-0.3, -0.25) is 9.69 Å². The van der Waals surface area contributed by atoms with Crippen LogP contribution in [0.15, 0.2) is 24.3 Å². The van der Waals surface area contributed by atoms with Gasteiger partial charge in [-0.15, -0.1) is 0 Å². The Hall–Kier alpha value is -2.13. The highest BCUT2D eigenvalue weighted by Crippen LogP contribution is 2.40. The Balaban J connectivity index is 0.000000318. The molecule has 2 fully saturated rings. The summed E-state index contributed by atoms with van der Waals surface area (Å²) in [5.41, 5.74) is 2.48. The number of aliphatic carboxylic acids is 1. The molecule has 1 amide bonds. The lowest BCUT2D eigenvalue weighted by molar-refractivity contribution is -0.192. The third kappa shape index (κ3) is 4.95. The Bertz CT molecular complexity index is 770. The smallest absolute Gasteiger partial charge is 0.475 e. The van der Waals surface area contributed by atoms with Crippen LogP contribution in [-0.2, 0) is 27.3 Å². The number of ether oxygens (including phenoxy) is 1. The van der Waals surface area contributed by atoms with Gasteiger partial charge in [-0.25, -0.2) is 4.79 Å². The molecule has 0 saturated carbocycles. The molecule has 1 aromatic carbocycles. The van der Waals surface area contributed by atoms with Crippen molar-refractivity contribution in [3.63, 3.8) is 0 Å². The zero-order chi connectivity index (χ0) is 21.9. The Morgan fingerprint density at radius 2 is 1.80 bits per heavy atom. The predicted molar refractivity (Wildman–Crippen MR) is 103 cm³/mol. The molecule has 2 saturated heterocycles. The van der Waals surface area contributed by atoms with Crippen molar-refractivity contribution in [1.29, 1.82) is 0 Å². The maximum Gasteiger partial charge on any atom is 0.490 e. The van der Waals surface area contributed by atoms with Crippen LogP contribution in [0.2, 0.25) is 0 Å². The molecule has 1 aromatic rings. The number of piperidine rings is 1. The number of alkyl halides is 3. The summed E-state index contributed by atoms with van der Waals surface area (Å²) in [6.07, 6.45) is -1.09. The number of halogens is 3. The van der Waals surface area contributed by atoms with Crippen LogP contribution in [0, 0.1) is 5.41 Å². The molecule has 1 spiro atoms. The normalized spacial score (nSPS) is 24.1. The molecule has 1 N–H and O–H groups in total. The van der Waals surface area contributed by atoms with Gasteiger partial charge in [0.2, 0.25) is 5.91 Å². The van der Waals surface area contributed by atoms with E-state index in [2.05, 4.69) is 29.2 Å². The van der Waals surface area contributed by atoms with Crippen molar-refractivity contribution in [2.24, 2.45) is 5.41 Å². The highest BCUT2D eigenvalue weighted by Gasteiger charge is 2.45. The van der Waals surface area contributed by atoms with E-state index in [9.17, 15) is 18.0 Å². The molecule has 1 atom stereocenters. The third-order valence-corrected chi connectivity index (χ3v) is 6.27. The largest absolute Gasteiger partial charge is 0.490 e. The summed E-state index contributed by atoms with van der Waals surface area (Å²) in [6.45, 7) is 4.55. The number of likely N-dealkylation sites (tertiary alicyclic amines) is 1. The fraction of sp³-hybridized carbons (Fsp3) is 0.619. The highest BCUT2D eigenvalue weighted by atomic mass is 19.4. The summed E-state index contributed by atoms with van der Waals surface area (Å²) in [5, 5.41) is 7.12. The SMILES string of the molecule is CN1Cc2ccccc2CC2(CCN(C3CCOC3)CC2)C1=O.O=C(O)C(F)(F)F. The number of hydrogen-bond donors (Lipinski definition) is 1. The number of carboxylic acid groups (broad SMARTS) is 1. The van der Waals surface area contributed by atoms with E-state index in [1.807, 2.05) is 11.9 Å². The number of carboxylic acids is 1. The molecule has 30 heavy (non-hydrogen) atoms. The van der Waals surface area contributed by atoms with Gasteiger partial charge in [0, 0.05) is 26.2 Å². The molecular formula is C21H27F3N2O4. The molecule has 4 rings (SSSR count). The monoisotopic (exact) mass is 428 g/mol. The van der Waals surface area contributed by atoms with Gasteiger partial charge in [-0.05, 0) is 49.9 Å². The number of amides is 1. The number of hydrogen-bond acceptors (Lipinski definition) is 4. The van der Waals surface area contributed by atoms with Crippen LogP contribution in [-0.4, -0.2) is 72.4 Å². The summed E-state index contributed by atoms with van der Waals surface area (Å²) >= 11 is 0. The summed E-state index contributed by atoms with van der Waals surface area (Å²) in [4.78, 5) is 26.5. The van der Waals surface area contributed by atoms with Gasteiger partial charge in [0.15, 0.2) is 0 Å². The third-order valence-electron chi connectivity index (χ3n) is 6.27. The first-order valence-corrected chi connectivity index (χ1v) is 10.1. The Kier molecular flexibility index (Phi) is 6.71. The van der Waals surface area contributed by atoms with Crippen molar-refractivity contribution in [2.75, 3.05) is 33.4 Å². The van der Waals surface area contributed by atoms with E-state index in [0.29, 0.717) is 11.9 Å². The van der Waals surface area contributed by atoms with Crippen LogP contribution in [0.1, 0.15) is 30.4 Å². The summed E-state index contributed by atoms with van der Waals surface area (Å²) in [7, 11) is 1.96. The molecule has 0 bridgehead atoms. The Labute approximate surface area is 173 Å². The molecule has 3 aliphatic heterocycles. The van der Waals surface area contributed by atoms with Gasteiger partial charge < -0.3 is 14.7 Å². The maximum atomic E-state index is 13.1. The van der Waals surface area contributed by atoms with E-state index in [1.54, 1.807) is 0 Å². The van der Waals surface area contributed by atoms with Gasteiger partial charge in [-0.2, -0.15) is 13.2 Å². The second-order valence-corrected chi connectivity index (χ2v) is 8.24. The van der Waals surface area contributed by atoms with Crippen LogP contribution < -0.4 is 0 Å². The fourth-order valence-electron chi connectivity index (χ4n) is 4.57. The average molecular weight is 428 g/mol. The van der Waals surface area contributed by atoms with Crippen molar-refractivity contribution >= 4 is 11.9 Å². The lowest BCUT2D eigenvalue weighted by Crippen LogP contribution is -2.51. The highest BCUT2D eigenvalue weighted by molar-refractivity contribution is 5.83. The van der Waals surface area contributed by atoms with E-state index in [4.69, 9.17) is 14.6 Å². The van der Waals surface area contributed by atoms with Gasteiger partial charge >= 0.3 is 12.1 Å². The molecule has 0 aliphatic carbocycles. The number of benzene rings is 1. The minimum Gasteiger partial charge on any atom is -0.475 e. The first kappa shape index (κ1) is 22.6. The second-order valence-electron chi connectivity index (χ2n) is 8.24. The van der Waals surface area contributed by atoms with Crippen LogP contribution in [0.3, 0.4) is 0 Å². The molecule has 3 aliphatic rings. The molecule has 0 radical (unpaired) electrons. The number of carbonyl (C=O) groups excluding carboxylic acids is 1. The van der Waals surface area contributed by atoms with Crippen LogP contribution in [0.4, 0.5) is 13.2 Å². The molecule has 166 valence electrons. The van der Waals surface area contributed by atoms with Crippen LogP contribution in [0.25, 0.3) is 0 Å². The molecule has 3 heterocycles. The van der Waals surface area contributed by atoms with Gasteiger partial charge in [0.1, 0.15) is 0 Å². The minimum atomic E-state index is -5.08. The molecule has 6 nitrogen and oxygen atoms in total. The van der Waals surface area contributed by atoms with Crippen molar-refractivity contribution in [2.45, 2.75) is 44.4 Å². The standard InChI is InChI=1S/C19H26N2O2.C2HF3O2/c1-20-13-16-5-3-2-4-15(16)12-19(18(20)22)7-9-21(10-8-19)17-6-11-23-14-17;3-2(4,5)1(6)7/h2-5,17H,6-14H2,1H3;(H,6,7). The number of carbonyl (C=O) groups is 2. The fourth-order valence-corrected chi connectivity index (χ4v) is 4.57. The molecule has 9 heteroatoms. The van der Waals surface area contributed by atoms with E-state index >= 15 is 0 Å². The number of fused-ring (bicyclic) bond motifs is 1. The Morgan fingerprint density at radius 3 is 2.33 bits per heavy atom. The van der Waals surface area contributed by atoms with Crippen molar-refractivity contribution in [1.82, 2.24) is 9.80 Å². The van der Waals surface area contributed by atoms with Crippen molar-refractivity contribution in [3.05, 3.63) is 35.4 Å². The summed E-state index contributed by atoms with van der Waals surface area (Å²) < 4.78 is 37.3. The van der Waals surface area contributed by atoms with Gasteiger partial charge in [0.25, 0.3) is 0 Å². The van der Waals surface area contributed by atoms with Crippen LogP contribution >= 0.6 is 0 Å². The summed E-state index contributed by atoms with van der Waals surface area (Å²) in [5.74, 6) is -2.41. The van der Waals surface area contributed by atoms with E-state index in [1.165, 1.54) is 11.1 Å². The zero-order valence-corrected chi connectivity index (χ0v) is 17.0. The minimum absolute atomic E-state index is 0.197. The topological polar surface area (TPSA) is 70.1 Å². The predicted octanol–water partition coefficient (Wildman–Crippen LogP) is 2.71. The Morgan fingerprint density at radius 1 is 1.20 bits per heavy atom. The first-order chi connectivity index (χ1) is 14.1. The zero-order valence-electron chi connectivity index (χ0n) is 17.0. The van der Waals surface area contributed by atoms with E-state index in [-0.39, 0.29) is 5.41 Å². The number of rotatable bonds is 1. The van der Waals surface area contributed by atoms with Crippen molar-refractivity contribution < 1.29 is 32.6 Å². The lowest BCUT2D eigenvalue weighted by Gasteiger charge is -2.43. The number of nitrogens with zero attached hydrogens (tertiary/aromatic N) is 2. The molecule has 0 aromatic heterocycles. The van der Waals surface area contributed by atoms with Gasteiger partial charge in [0.05, 0.1) is 12.0 Å². The van der Waals surface area contributed by atoms with E-state index in [0.717, 1.165) is 58.5 Å². The first-order valence-electron chi connectivity index (χ1n) is 10.1. The molecular weight excluding hydrogens is 401 g/mol. The van der Waals surface area contributed by atoms with Gasteiger partial charge in [-0.1, -0.05) is 24.3 Å². The quantitative estimate of drug-likeness (QED) is 0.745. The summed E-state index contributed by atoms with van der Waals surface area (Å²) in [6, 6.07) is 9.13. The maximum absolute atomic E-state index is 13.1. The van der Waals surface area contributed by atoms with Crippen LogP contribution in [0.5, 0.6) is 0 Å². The lowest BCUT2D eigenvalue weighted by atomic mass is 9.72.